The summed E-state index contributed by atoms with van der Waals surface area (Å²) in [6, 6.07) is 11.2. The SMILES string of the molecule is CN=C(NCCc1ccc(C)c(OC)c1)NC1CCN(c2cccs2)CC1.I. The lowest BCUT2D eigenvalue weighted by atomic mass is 10.1. The number of nitrogens with zero attached hydrogens (tertiary/aromatic N) is 2. The van der Waals surface area contributed by atoms with Crippen LogP contribution in [0.25, 0.3) is 0 Å². The van der Waals surface area contributed by atoms with Gasteiger partial charge < -0.3 is 20.3 Å². The van der Waals surface area contributed by atoms with Crippen LogP contribution in [-0.4, -0.2) is 45.8 Å². The fraction of sp³-hybridized carbons (Fsp3) is 0.476. The number of thiophene rings is 1. The van der Waals surface area contributed by atoms with Crippen LogP contribution in [0, 0.1) is 6.92 Å². The highest BCUT2D eigenvalue weighted by Gasteiger charge is 2.20. The van der Waals surface area contributed by atoms with Crippen molar-refractivity contribution in [3.05, 3.63) is 46.8 Å². The smallest absolute Gasteiger partial charge is 0.191 e. The van der Waals surface area contributed by atoms with Crippen LogP contribution >= 0.6 is 35.3 Å². The number of benzene rings is 1. The molecule has 0 amide bonds. The summed E-state index contributed by atoms with van der Waals surface area (Å²) < 4.78 is 5.41. The van der Waals surface area contributed by atoms with Crippen LogP contribution in [0.1, 0.15) is 24.0 Å². The molecule has 28 heavy (non-hydrogen) atoms. The van der Waals surface area contributed by atoms with Crippen molar-refractivity contribution in [1.82, 2.24) is 10.6 Å². The van der Waals surface area contributed by atoms with Gasteiger partial charge in [0.2, 0.25) is 0 Å². The van der Waals surface area contributed by atoms with Gasteiger partial charge in [-0.25, -0.2) is 0 Å². The molecule has 0 radical (unpaired) electrons. The Morgan fingerprint density at radius 2 is 2.07 bits per heavy atom. The first-order valence-corrected chi connectivity index (χ1v) is 10.5. The summed E-state index contributed by atoms with van der Waals surface area (Å²) in [5.41, 5.74) is 2.44. The molecule has 0 bridgehead atoms. The summed E-state index contributed by atoms with van der Waals surface area (Å²) in [6.07, 6.45) is 3.20. The van der Waals surface area contributed by atoms with Gasteiger partial charge in [0.25, 0.3) is 0 Å². The Hall–Kier alpha value is -1.48. The van der Waals surface area contributed by atoms with E-state index in [1.54, 1.807) is 7.11 Å². The Balaban J connectivity index is 0.00000280. The van der Waals surface area contributed by atoms with E-state index >= 15 is 0 Å². The van der Waals surface area contributed by atoms with Gasteiger partial charge >= 0.3 is 0 Å². The summed E-state index contributed by atoms with van der Waals surface area (Å²) in [5, 5.41) is 10.5. The fourth-order valence-corrected chi connectivity index (χ4v) is 4.21. The lowest BCUT2D eigenvalue weighted by molar-refractivity contribution is 0.411. The minimum absolute atomic E-state index is 0. The zero-order valence-electron chi connectivity index (χ0n) is 16.9. The van der Waals surface area contributed by atoms with Crippen LogP contribution in [0.2, 0.25) is 0 Å². The van der Waals surface area contributed by atoms with Crippen LogP contribution in [0.3, 0.4) is 0 Å². The number of nitrogens with one attached hydrogen (secondary N) is 2. The van der Waals surface area contributed by atoms with Crippen LogP contribution in [-0.2, 0) is 6.42 Å². The minimum atomic E-state index is 0. The molecule has 3 rings (SSSR count). The number of halogens is 1. The van der Waals surface area contributed by atoms with E-state index in [2.05, 4.69) is 63.2 Å². The molecule has 1 fully saturated rings. The van der Waals surface area contributed by atoms with Gasteiger partial charge in [0.05, 0.1) is 12.1 Å². The highest BCUT2D eigenvalue weighted by Crippen LogP contribution is 2.24. The second-order valence-electron chi connectivity index (χ2n) is 6.91. The molecule has 1 aromatic carbocycles. The predicted molar refractivity (Wildman–Crippen MR) is 131 cm³/mol. The van der Waals surface area contributed by atoms with Gasteiger partial charge in [-0.15, -0.1) is 35.3 Å². The molecule has 1 aliphatic heterocycles. The van der Waals surface area contributed by atoms with E-state index in [1.807, 2.05) is 18.4 Å². The molecule has 0 atom stereocenters. The maximum absolute atomic E-state index is 5.41. The zero-order chi connectivity index (χ0) is 19.1. The zero-order valence-corrected chi connectivity index (χ0v) is 20.1. The third kappa shape index (κ3) is 6.27. The largest absolute Gasteiger partial charge is 0.496 e. The van der Waals surface area contributed by atoms with Crippen LogP contribution in [0.4, 0.5) is 5.00 Å². The van der Waals surface area contributed by atoms with Gasteiger partial charge in [0.1, 0.15) is 5.75 Å². The average Bonchev–Trinajstić information content (AvgIpc) is 3.23. The van der Waals surface area contributed by atoms with E-state index in [0.717, 1.165) is 50.6 Å². The minimum Gasteiger partial charge on any atom is -0.496 e. The van der Waals surface area contributed by atoms with Crippen molar-refractivity contribution < 1.29 is 4.74 Å². The van der Waals surface area contributed by atoms with E-state index in [4.69, 9.17) is 4.74 Å². The Morgan fingerprint density at radius 3 is 2.71 bits per heavy atom. The number of aryl methyl sites for hydroxylation is 1. The predicted octanol–water partition coefficient (Wildman–Crippen LogP) is 4.06. The second-order valence-corrected chi connectivity index (χ2v) is 7.84. The summed E-state index contributed by atoms with van der Waals surface area (Å²) in [5.74, 6) is 1.84. The first-order chi connectivity index (χ1) is 13.2. The number of ether oxygens (including phenoxy) is 1. The van der Waals surface area contributed by atoms with Crippen molar-refractivity contribution in [2.24, 2.45) is 4.99 Å². The number of guanidine groups is 1. The number of aliphatic imine (C=N–C) groups is 1. The molecule has 0 saturated carbocycles. The van der Waals surface area contributed by atoms with Crippen LogP contribution in [0.15, 0.2) is 40.7 Å². The molecule has 1 aromatic heterocycles. The number of hydrogen-bond donors (Lipinski definition) is 2. The van der Waals surface area contributed by atoms with Crippen LogP contribution < -0.4 is 20.3 Å². The Labute approximate surface area is 189 Å². The van der Waals surface area contributed by atoms with Gasteiger partial charge in [-0.2, -0.15) is 0 Å². The molecule has 5 nitrogen and oxygen atoms in total. The number of piperidine rings is 1. The van der Waals surface area contributed by atoms with Gasteiger partial charge in [-0.05, 0) is 60.9 Å². The lowest BCUT2D eigenvalue weighted by Crippen LogP contribution is -2.49. The van der Waals surface area contributed by atoms with Gasteiger partial charge in [0, 0.05) is 32.7 Å². The topological polar surface area (TPSA) is 48.9 Å². The molecule has 0 unspecified atom stereocenters. The number of methoxy groups -OCH3 is 1. The average molecular weight is 514 g/mol. The number of rotatable bonds is 6. The van der Waals surface area contributed by atoms with Crippen molar-refractivity contribution in [1.29, 1.82) is 0 Å². The first kappa shape index (κ1) is 22.8. The Bertz CT molecular complexity index is 743. The highest BCUT2D eigenvalue weighted by molar-refractivity contribution is 14.0. The normalized spacial score (nSPS) is 15.1. The van der Waals surface area contributed by atoms with Crippen LogP contribution in [0.5, 0.6) is 5.75 Å². The van der Waals surface area contributed by atoms with E-state index < -0.39 is 0 Å². The molecule has 2 N–H and O–H groups in total. The van der Waals surface area contributed by atoms with Gasteiger partial charge in [0.15, 0.2) is 5.96 Å². The van der Waals surface area contributed by atoms with Crippen molar-refractivity contribution in [3.8, 4) is 5.75 Å². The molecule has 0 spiro atoms. The molecular weight excluding hydrogens is 483 g/mol. The molecule has 1 saturated heterocycles. The quantitative estimate of drug-likeness (QED) is 0.347. The molecule has 0 aliphatic carbocycles. The Morgan fingerprint density at radius 1 is 1.29 bits per heavy atom. The van der Waals surface area contributed by atoms with E-state index in [1.165, 1.54) is 16.1 Å². The van der Waals surface area contributed by atoms with Crippen molar-refractivity contribution >= 4 is 46.3 Å². The summed E-state index contributed by atoms with van der Waals surface area (Å²) >= 11 is 1.82. The van der Waals surface area contributed by atoms with Gasteiger partial charge in [-0.1, -0.05) is 12.1 Å². The fourth-order valence-electron chi connectivity index (χ4n) is 3.43. The highest BCUT2D eigenvalue weighted by atomic mass is 127. The maximum Gasteiger partial charge on any atom is 0.191 e. The molecule has 2 heterocycles. The van der Waals surface area contributed by atoms with E-state index in [0.29, 0.717) is 6.04 Å². The standard InChI is InChI=1S/C21H30N4OS.HI/c1-16-6-7-17(15-19(16)26-3)8-11-23-21(22-2)24-18-9-12-25(13-10-18)20-5-4-14-27-20;/h4-7,14-15,18H,8-13H2,1-3H3,(H2,22,23,24);1H. The number of hydrogen-bond acceptors (Lipinski definition) is 4. The second kappa shape index (κ2) is 11.5. The maximum atomic E-state index is 5.41. The van der Waals surface area contributed by atoms with Crippen molar-refractivity contribution in [3.63, 3.8) is 0 Å². The first-order valence-electron chi connectivity index (χ1n) is 9.58. The third-order valence-electron chi connectivity index (χ3n) is 5.06. The summed E-state index contributed by atoms with van der Waals surface area (Å²) in [6.45, 7) is 5.10. The summed E-state index contributed by atoms with van der Waals surface area (Å²) in [7, 11) is 3.56. The number of anilines is 1. The third-order valence-corrected chi connectivity index (χ3v) is 5.98. The van der Waals surface area contributed by atoms with E-state index in [-0.39, 0.29) is 24.0 Å². The summed E-state index contributed by atoms with van der Waals surface area (Å²) in [4.78, 5) is 6.86. The van der Waals surface area contributed by atoms with Crippen molar-refractivity contribution in [2.45, 2.75) is 32.2 Å². The van der Waals surface area contributed by atoms with E-state index in [9.17, 15) is 0 Å². The van der Waals surface area contributed by atoms with Gasteiger partial charge in [-0.3, -0.25) is 4.99 Å². The molecule has 1 aliphatic rings. The van der Waals surface area contributed by atoms with Crippen molar-refractivity contribution in [2.75, 3.05) is 38.7 Å². The molecular formula is C21H31IN4OS. The lowest BCUT2D eigenvalue weighted by Gasteiger charge is -2.33. The molecule has 7 heteroatoms. The molecule has 154 valence electrons. The Kier molecular flexibility index (Phi) is 9.37. The molecule has 2 aromatic rings. The monoisotopic (exact) mass is 514 g/mol.